The van der Waals surface area contributed by atoms with Crippen LogP contribution in [-0.2, 0) is 6.42 Å². The average Bonchev–Trinajstić information content (AvgIpc) is 2.97. The molecule has 1 amide bonds. The molecule has 0 unspecified atom stereocenters. The number of thiophene rings is 1. The Labute approximate surface area is 134 Å². The smallest absolute Gasteiger partial charge is 0.251 e. The van der Waals surface area contributed by atoms with E-state index in [-0.39, 0.29) is 11.7 Å². The van der Waals surface area contributed by atoms with Crippen LogP contribution in [0.1, 0.15) is 38.8 Å². The van der Waals surface area contributed by atoms with Gasteiger partial charge in [0.25, 0.3) is 5.91 Å². The van der Waals surface area contributed by atoms with Gasteiger partial charge in [-0.1, -0.05) is 0 Å². The number of hydrogen-bond acceptors (Lipinski definition) is 4. The number of Topliss-reactive ketones (excluding diaryl/α,β-unsaturated/α-hetero) is 1. The van der Waals surface area contributed by atoms with Gasteiger partial charge in [0.05, 0.1) is 11.5 Å². The van der Waals surface area contributed by atoms with Crippen LogP contribution in [0.5, 0.6) is 5.75 Å². The van der Waals surface area contributed by atoms with E-state index in [1.165, 1.54) is 11.3 Å². The van der Waals surface area contributed by atoms with Crippen molar-refractivity contribution >= 4 is 23.0 Å². The number of carbonyl (C=O) groups is 2. The summed E-state index contributed by atoms with van der Waals surface area (Å²) < 4.78 is 5.34. The summed E-state index contributed by atoms with van der Waals surface area (Å²) in [7, 11) is 0. The SMILES string of the molecule is CCOc1ccc(C(=O)NCCc2ccc(C(C)=O)s2)cc1. The third kappa shape index (κ3) is 4.43. The molecule has 4 nitrogen and oxygen atoms in total. The molecule has 0 atom stereocenters. The third-order valence-electron chi connectivity index (χ3n) is 3.09. The third-order valence-corrected chi connectivity index (χ3v) is 4.34. The number of nitrogens with one attached hydrogen (secondary N) is 1. The van der Waals surface area contributed by atoms with Crippen molar-refractivity contribution in [2.45, 2.75) is 20.3 Å². The summed E-state index contributed by atoms with van der Waals surface area (Å²) in [6, 6.07) is 10.8. The quantitative estimate of drug-likeness (QED) is 0.797. The van der Waals surface area contributed by atoms with Gasteiger partial charge in [-0.3, -0.25) is 9.59 Å². The molecule has 2 rings (SSSR count). The van der Waals surface area contributed by atoms with Crippen molar-refractivity contribution in [2.24, 2.45) is 0 Å². The summed E-state index contributed by atoms with van der Waals surface area (Å²) in [5.41, 5.74) is 0.610. The van der Waals surface area contributed by atoms with E-state index < -0.39 is 0 Å². The highest BCUT2D eigenvalue weighted by Gasteiger charge is 2.07. The molecule has 0 saturated carbocycles. The molecule has 0 bridgehead atoms. The first-order valence-electron chi connectivity index (χ1n) is 7.21. The molecule has 116 valence electrons. The zero-order chi connectivity index (χ0) is 15.9. The maximum absolute atomic E-state index is 12.0. The van der Waals surface area contributed by atoms with Gasteiger partial charge < -0.3 is 10.1 Å². The second-order valence-corrected chi connectivity index (χ2v) is 5.95. The van der Waals surface area contributed by atoms with Crippen LogP contribution in [0.25, 0.3) is 0 Å². The molecule has 0 saturated heterocycles. The fourth-order valence-electron chi connectivity index (χ4n) is 1.97. The van der Waals surface area contributed by atoms with Crippen LogP contribution >= 0.6 is 11.3 Å². The van der Waals surface area contributed by atoms with Gasteiger partial charge in [-0.25, -0.2) is 0 Å². The van der Waals surface area contributed by atoms with E-state index in [4.69, 9.17) is 4.74 Å². The Morgan fingerprint density at radius 3 is 2.45 bits per heavy atom. The Hall–Kier alpha value is -2.14. The van der Waals surface area contributed by atoms with E-state index in [1.54, 1.807) is 31.2 Å². The van der Waals surface area contributed by atoms with Gasteiger partial charge >= 0.3 is 0 Å². The highest BCUT2D eigenvalue weighted by molar-refractivity contribution is 7.14. The number of ketones is 1. The first-order chi connectivity index (χ1) is 10.6. The monoisotopic (exact) mass is 317 g/mol. The lowest BCUT2D eigenvalue weighted by molar-refractivity contribution is 0.0953. The molecule has 0 radical (unpaired) electrons. The molecule has 0 aliphatic carbocycles. The van der Waals surface area contributed by atoms with Gasteiger partial charge in [0, 0.05) is 17.0 Å². The van der Waals surface area contributed by atoms with E-state index in [0.717, 1.165) is 21.9 Å². The molecule has 0 aliphatic rings. The molecule has 0 spiro atoms. The summed E-state index contributed by atoms with van der Waals surface area (Å²) in [6.07, 6.45) is 0.723. The van der Waals surface area contributed by atoms with Crippen LogP contribution in [0.3, 0.4) is 0 Å². The number of amides is 1. The Morgan fingerprint density at radius 2 is 1.86 bits per heavy atom. The summed E-state index contributed by atoms with van der Waals surface area (Å²) in [5.74, 6) is 0.732. The van der Waals surface area contributed by atoms with Gasteiger partial charge in [0.1, 0.15) is 5.75 Å². The minimum Gasteiger partial charge on any atom is -0.494 e. The van der Waals surface area contributed by atoms with Crippen molar-refractivity contribution in [3.05, 3.63) is 51.7 Å². The van der Waals surface area contributed by atoms with Gasteiger partial charge in [0.2, 0.25) is 0 Å². The van der Waals surface area contributed by atoms with Crippen molar-refractivity contribution in [3.63, 3.8) is 0 Å². The van der Waals surface area contributed by atoms with E-state index in [1.807, 2.05) is 19.1 Å². The van der Waals surface area contributed by atoms with Gasteiger partial charge in [-0.2, -0.15) is 0 Å². The molecular formula is C17H19NO3S. The van der Waals surface area contributed by atoms with Gasteiger partial charge in [-0.15, -0.1) is 11.3 Å². The molecule has 2 aromatic rings. The van der Waals surface area contributed by atoms with Crippen LogP contribution in [-0.4, -0.2) is 24.8 Å². The molecular weight excluding hydrogens is 298 g/mol. The highest BCUT2D eigenvalue weighted by atomic mass is 32.1. The van der Waals surface area contributed by atoms with Crippen LogP contribution in [0.2, 0.25) is 0 Å². The molecule has 1 N–H and O–H groups in total. The van der Waals surface area contributed by atoms with E-state index in [9.17, 15) is 9.59 Å². The molecule has 22 heavy (non-hydrogen) atoms. The second kappa shape index (κ2) is 7.75. The first kappa shape index (κ1) is 16.2. The Balaban J connectivity index is 1.82. The minimum atomic E-state index is -0.105. The van der Waals surface area contributed by atoms with Crippen LogP contribution in [0, 0.1) is 0 Å². The molecule has 0 aliphatic heterocycles. The lowest BCUT2D eigenvalue weighted by Gasteiger charge is -2.06. The lowest BCUT2D eigenvalue weighted by atomic mass is 10.2. The largest absolute Gasteiger partial charge is 0.494 e. The lowest BCUT2D eigenvalue weighted by Crippen LogP contribution is -2.25. The summed E-state index contributed by atoms with van der Waals surface area (Å²) in [5, 5.41) is 2.88. The number of hydrogen-bond donors (Lipinski definition) is 1. The molecule has 1 aromatic carbocycles. The highest BCUT2D eigenvalue weighted by Crippen LogP contribution is 2.17. The Kier molecular flexibility index (Phi) is 5.72. The number of benzene rings is 1. The zero-order valence-corrected chi connectivity index (χ0v) is 13.5. The van der Waals surface area contributed by atoms with Crippen LogP contribution < -0.4 is 10.1 Å². The molecule has 1 aromatic heterocycles. The first-order valence-corrected chi connectivity index (χ1v) is 8.02. The minimum absolute atomic E-state index is 0.0784. The zero-order valence-electron chi connectivity index (χ0n) is 12.7. The van der Waals surface area contributed by atoms with Gasteiger partial charge in [-0.05, 0) is 56.7 Å². The topological polar surface area (TPSA) is 55.4 Å². The Bertz CT molecular complexity index is 646. The standard InChI is InChI=1S/C17H19NO3S/c1-3-21-14-6-4-13(5-7-14)17(20)18-11-10-15-8-9-16(22-15)12(2)19/h4-9H,3,10-11H2,1-2H3,(H,18,20). The molecule has 5 heteroatoms. The van der Waals surface area contributed by atoms with Crippen molar-refractivity contribution in [2.75, 3.05) is 13.2 Å². The number of carbonyl (C=O) groups excluding carboxylic acids is 2. The maximum Gasteiger partial charge on any atom is 0.251 e. The van der Waals surface area contributed by atoms with Crippen molar-refractivity contribution in [1.29, 1.82) is 0 Å². The van der Waals surface area contributed by atoms with E-state index in [0.29, 0.717) is 18.7 Å². The van der Waals surface area contributed by atoms with E-state index >= 15 is 0 Å². The summed E-state index contributed by atoms with van der Waals surface area (Å²) in [6.45, 7) is 4.63. The van der Waals surface area contributed by atoms with Crippen LogP contribution in [0.4, 0.5) is 0 Å². The van der Waals surface area contributed by atoms with Crippen molar-refractivity contribution in [3.8, 4) is 5.75 Å². The number of ether oxygens (including phenoxy) is 1. The predicted octanol–water partition coefficient (Wildman–Crippen LogP) is 3.32. The van der Waals surface area contributed by atoms with Crippen molar-refractivity contribution < 1.29 is 14.3 Å². The van der Waals surface area contributed by atoms with E-state index in [2.05, 4.69) is 5.32 Å². The van der Waals surface area contributed by atoms with Crippen LogP contribution in [0.15, 0.2) is 36.4 Å². The van der Waals surface area contributed by atoms with Crippen molar-refractivity contribution in [1.82, 2.24) is 5.32 Å². The molecule has 1 heterocycles. The Morgan fingerprint density at radius 1 is 1.14 bits per heavy atom. The fraction of sp³-hybridized carbons (Fsp3) is 0.294. The normalized spacial score (nSPS) is 10.3. The average molecular weight is 317 g/mol. The fourth-order valence-corrected chi connectivity index (χ4v) is 2.87. The predicted molar refractivity (Wildman–Crippen MR) is 88.0 cm³/mol. The second-order valence-electron chi connectivity index (χ2n) is 4.79. The maximum atomic E-state index is 12.0. The summed E-state index contributed by atoms with van der Waals surface area (Å²) >= 11 is 1.48. The van der Waals surface area contributed by atoms with Gasteiger partial charge in [0.15, 0.2) is 5.78 Å². The molecule has 0 fully saturated rings. The summed E-state index contributed by atoms with van der Waals surface area (Å²) in [4.78, 5) is 25.1. The number of rotatable bonds is 7.